The summed E-state index contributed by atoms with van der Waals surface area (Å²) in [6.45, 7) is 2.80. The van der Waals surface area contributed by atoms with Crippen molar-refractivity contribution in [1.82, 2.24) is 10.2 Å². The number of amides is 2. The van der Waals surface area contributed by atoms with Gasteiger partial charge in [-0.25, -0.2) is 4.79 Å². The molecule has 0 aromatic heterocycles. The summed E-state index contributed by atoms with van der Waals surface area (Å²) in [6.07, 6.45) is 0.0543. The van der Waals surface area contributed by atoms with Gasteiger partial charge in [0.15, 0.2) is 6.10 Å². The lowest BCUT2D eigenvalue weighted by atomic mass is 9.98. The summed E-state index contributed by atoms with van der Waals surface area (Å²) in [5.41, 5.74) is 4.57. The van der Waals surface area contributed by atoms with E-state index in [4.69, 9.17) is 9.47 Å². The lowest BCUT2D eigenvalue weighted by molar-refractivity contribution is -0.146. The van der Waals surface area contributed by atoms with Crippen molar-refractivity contribution in [2.45, 2.75) is 50.3 Å². The molecule has 2 aromatic carbocycles. The number of hydrogen-bond acceptors (Lipinski definition) is 5. The Balaban J connectivity index is 1.22. The van der Waals surface area contributed by atoms with Gasteiger partial charge in [0.1, 0.15) is 6.61 Å². The van der Waals surface area contributed by atoms with Crippen LogP contribution in [-0.4, -0.2) is 65.9 Å². The van der Waals surface area contributed by atoms with Gasteiger partial charge in [-0.05, 0) is 41.5 Å². The number of likely N-dealkylation sites (tertiary alicyclic amines) is 1. The molecule has 2 fully saturated rings. The summed E-state index contributed by atoms with van der Waals surface area (Å²) in [6, 6.07) is 15.4. The quantitative estimate of drug-likeness (QED) is 0.659. The third-order valence-corrected chi connectivity index (χ3v) is 7.55. The number of nitrogens with zero attached hydrogens (tertiary/aromatic N) is 1. The summed E-state index contributed by atoms with van der Waals surface area (Å²) in [5.74, 6) is -1.76. The Morgan fingerprint density at radius 3 is 2.34 bits per heavy atom. The van der Waals surface area contributed by atoms with E-state index >= 15 is 0 Å². The lowest BCUT2D eigenvalue weighted by Gasteiger charge is -2.30. The van der Waals surface area contributed by atoms with E-state index in [-0.39, 0.29) is 24.5 Å². The Kier molecular flexibility index (Phi) is 6.47. The molecule has 2 heterocycles. The van der Waals surface area contributed by atoms with E-state index < -0.39 is 30.1 Å². The van der Waals surface area contributed by atoms with Crippen LogP contribution in [0.15, 0.2) is 48.5 Å². The van der Waals surface area contributed by atoms with Gasteiger partial charge in [-0.3, -0.25) is 9.59 Å². The van der Waals surface area contributed by atoms with Crippen molar-refractivity contribution in [3.05, 3.63) is 59.7 Å². The third kappa shape index (κ3) is 4.27. The average Bonchev–Trinajstić information content (AvgIpc) is 3.58. The molecule has 2 amide bonds. The topological polar surface area (TPSA) is 105 Å². The Morgan fingerprint density at radius 1 is 1.06 bits per heavy atom. The molecule has 3 aliphatic rings. The number of benzene rings is 2. The number of nitrogens with one attached hydrogen (secondary N) is 1. The molecule has 8 heteroatoms. The van der Waals surface area contributed by atoms with Crippen molar-refractivity contribution in [2.75, 3.05) is 19.8 Å². The molecule has 2 aliphatic heterocycles. The molecular weight excluding hydrogens is 448 g/mol. The van der Waals surface area contributed by atoms with Crippen LogP contribution in [0.3, 0.4) is 0 Å². The third-order valence-electron chi connectivity index (χ3n) is 7.55. The highest BCUT2D eigenvalue weighted by molar-refractivity contribution is 5.85. The molecule has 2 saturated heterocycles. The van der Waals surface area contributed by atoms with Gasteiger partial charge < -0.3 is 24.8 Å². The van der Waals surface area contributed by atoms with Gasteiger partial charge >= 0.3 is 12.1 Å². The zero-order valence-corrected chi connectivity index (χ0v) is 19.7. The first-order chi connectivity index (χ1) is 17.0. The van der Waals surface area contributed by atoms with E-state index in [0.717, 1.165) is 22.3 Å². The fraction of sp³-hybridized carbons (Fsp3) is 0.444. The molecule has 5 rings (SSSR count). The molecule has 1 aliphatic carbocycles. The standard InChI is InChI=1S/C27H30N2O6/c1-2-23-20(26(31)32)11-13-29(23)25(30)24-22(12-14-34-24)28-27(33)35-15-21-18-9-5-3-7-16(18)17-8-4-6-10-19(17)21/h3-10,20-24H,2,11-15H2,1H3,(H,28,33)(H,31,32)/t20?,22-,23?,24+/m0/s1. The van der Waals surface area contributed by atoms with Gasteiger partial charge in [-0.1, -0.05) is 55.5 Å². The SMILES string of the molecule is CCC1C(C(=O)O)CCN1C(=O)[C@@H]1OCC[C@@H]1NC(=O)OCC1c2ccccc2-c2ccccc21. The van der Waals surface area contributed by atoms with Crippen molar-refractivity contribution < 1.29 is 29.0 Å². The number of hydrogen-bond donors (Lipinski definition) is 2. The summed E-state index contributed by atoms with van der Waals surface area (Å²) >= 11 is 0. The minimum Gasteiger partial charge on any atom is -0.481 e. The Bertz CT molecular complexity index is 1090. The largest absolute Gasteiger partial charge is 0.481 e. The van der Waals surface area contributed by atoms with E-state index in [1.54, 1.807) is 4.90 Å². The second-order valence-corrected chi connectivity index (χ2v) is 9.40. The number of carboxylic acid groups (broad SMARTS) is 1. The van der Waals surface area contributed by atoms with Crippen LogP contribution in [0, 0.1) is 5.92 Å². The molecule has 2 N–H and O–H groups in total. The number of rotatable bonds is 6. The van der Waals surface area contributed by atoms with E-state index in [1.165, 1.54) is 0 Å². The van der Waals surface area contributed by atoms with Gasteiger partial charge in [0, 0.05) is 25.1 Å². The summed E-state index contributed by atoms with van der Waals surface area (Å²) in [4.78, 5) is 39.1. The Hall–Kier alpha value is -3.39. The lowest BCUT2D eigenvalue weighted by Crippen LogP contribution is -2.51. The molecule has 0 bridgehead atoms. The summed E-state index contributed by atoms with van der Waals surface area (Å²) < 4.78 is 11.3. The van der Waals surface area contributed by atoms with Gasteiger partial charge in [0.05, 0.1) is 12.0 Å². The summed E-state index contributed by atoms with van der Waals surface area (Å²) in [7, 11) is 0. The summed E-state index contributed by atoms with van der Waals surface area (Å²) in [5, 5.41) is 12.3. The minimum absolute atomic E-state index is 0.0479. The first-order valence-electron chi connectivity index (χ1n) is 12.3. The van der Waals surface area contributed by atoms with Crippen LogP contribution in [0.2, 0.25) is 0 Å². The molecule has 35 heavy (non-hydrogen) atoms. The van der Waals surface area contributed by atoms with Gasteiger partial charge in [-0.15, -0.1) is 0 Å². The highest BCUT2D eigenvalue weighted by Gasteiger charge is 2.45. The molecule has 184 valence electrons. The van der Waals surface area contributed by atoms with E-state index in [9.17, 15) is 19.5 Å². The molecule has 0 radical (unpaired) electrons. The first-order valence-corrected chi connectivity index (χ1v) is 12.3. The molecule has 2 aromatic rings. The maximum Gasteiger partial charge on any atom is 0.407 e. The van der Waals surface area contributed by atoms with Crippen LogP contribution in [0.25, 0.3) is 11.1 Å². The second-order valence-electron chi connectivity index (χ2n) is 9.40. The fourth-order valence-corrected chi connectivity index (χ4v) is 5.86. The van der Waals surface area contributed by atoms with Gasteiger partial charge in [0.25, 0.3) is 5.91 Å². The zero-order valence-electron chi connectivity index (χ0n) is 19.7. The minimum atomic E-state index is -0.882. The van der Waals surface area contributed by atoms with Crippen molar-refractivity contribution in [2.24, 2.45) is 5.92 Å². The Labute approximate surface area is 204 Å². The van der Waals surface area contributed by atoms with Crippen LogP contribution >= 0.6 is 0 Å². The van der Waals surface area contributed by atoms with Crippen LogP contribution in [0.5, 0.6) is 0 Å². The number of alkyl carbamates (subject to hydrolysis) is 1. The highest BCUT2D eigenvalue weighted by atomic mass is 16.6. The van der Waals surface area contributed by atoms with Gasteiger partial charge in [0.2, 0.25) is 0 Å². The molecule has 0 saturated carbocycles. The molecular formula is C27H30N2O6. The smallest absolute Gasteiger partial charge is 0.407 e. The van der Waals surface area contributed by atoms with Crippen LogP contribution in [0.1, 0.15) is 43.2 Å². The fourth-order valence-electron chi connectivity index (χ4n) is 5.86. The normalized spacial score (nSPS) is 25.2. The molecule has 2 unspecified atom stereocenters. The van der Waals surface area contributed by atoms with E-state index in [2.05, 4.69) is 29.6 Å². The monoisotopic (exact) mass is 478 g/mol. The zero-order chi connectivity index (χ0) is 24.5. The predicted octanol–water partition coefficient (Wildman–Crippen LogP) is 3.39. The molecule has 0 spiro atoms. The van der Waals surface area contributed by atoms with Crippen molar-refractivity contribution in [1.29, 1.82) is 0 Å². The predicted molar refractivity (Wildman–Crippen MR) is 128 cm³/mol. The molecule has 4 atom stereocenters. The number of ether oxygens (including phenoxy) is 2. The number of aliphatic carboxylic acids is 1. The maximum atomic E-state index is 13.2. The van der Waals surface area contributed by atoms with E-state index in [0.29, 0.717) is 32.4 Å². The van der Waals surface area contributed by atoms with Crippen LogP contribution in [-0.2, 0) is 19.1 Å². The first kappa shape index (κ1) is 23.4. The van der Waals surface area contributed by atoms with Crippen LogP contribution in [0.4, 0.5) is 4.79 Å². The van der Waals surface area contributed by atoms with E-state index in [1.807, 2.05) is 31.2 Å². The number of carbonyl (C=O) groups is 3. The van der Waals surface area contributed by atoms with Crippen molar-refractivity contribution >= 4 is 18.0 Å². The Morgan fingerprint density at radius 2 is 1.71 bits per heavy atom. The average molecular weight is 479 g/mol. The number of carbonyl (C=O) groups excluding carboxylic acids is 2. The highest BCUT2D eigenvalue weighted by Crippen LogP contribution is 2.44. The second kappa shape index (κ2) is 9.70. The number of carboxylic acids is 1. The van der Waals surface area contributed by atoms with Gasteiger partial charge in [-0.2, -0.15) is 0 Å². The van der Waals surface area contributed by atoms with Crippen molar-refractivity contribution in [3.63, 3.8) is 0 Å². The van der Waals surface area contributed by atoms with Crippen LogP contribution < -0.4 is 5.32 Å². The molecule has 8 nitrogen and oxygen atoms in total. The van der Waals surface area contributed by atoms with Crippen molar-refractivity contribution in [3.8, 4) is 11.1 Å². The maximum absolute atomic E-state index is 13.2. The number of fused-ring (bicyclic) bond motifs is 3.